The Labute approximate surface area is 141 Å². The van der Waals surface area contributed by atoms with Crippen LogP contribution < -0.4 is 5.56 Å². The van der Waals surface area contributed by atoms with Crippen molar-refractivity contribution in [2.45, 2.75) is 38.8 Å². The number of hydrogen-bond donors (Lipinski definition) is 0. The van der Waals surface area contributed by atoms with E-state index in [1.807, 2.05) is 0 Å². The van der Waals surface area contributed by atoms with Crippen LogP contribution in [0.1, 0.15) is 5.56 Å². The molecule has 1 aromatic carbocycles. The van der Waals surface area contributed by atoms with Gasteiger partial charge in [-0.25, -0.2) is 4.68 Å². The first-order valence-electron chi connectivity index (χ1n) is 7.51. The van der Waals surface area contributed by atoms with Gasteiger partial charge in [-0.3, -0.25) is 4.79 Å². The van der Waals surface area contributed by atoms with Crippen molar-refractivity contribution < 1.29 is 9.53 Å². The summed E-state index contributed by atoms with van der Waals surface area (Å²) in [5, 5.41) is 5.69. The number of benzene rings is 1. The molecule has 1 heterocycles. The van der Waals surface area contributed by atoms with Crippen molar-refractivity contribution in [3.05, 3.63) is 39.3 Å². The average molecular weight is 353 g/mol. The number of halogens is 1. The highest BCUT2D eigenvalue weighted by molar-refractivity contribution is 6.76. The lowest BCUT2D eigenvalue weighted by Gasteiger charge is -2.15. The molecule has 0 amide bonds. The van der Waals surface area contributed by atoms with Gasteiger partial charge in [0, 0.05) is 31.5 Å². The topological polar surface area (TPSA) is 61.2 Å². The number of nitrogens with zero attached hydrogens (tertiary/aromatic N) is 2. The fraction of sp³-hybridized carbons (Fsp3) is 0.438. The van der Waals surface area contributed by atoms with E-state index in [1.165, 1.54) is 4.68 Å². The van der Waals surface area contributed by atoms with Crippen LogP contribution in [0.2, 0.25) is 30.7 Å². The molecule has 2 rings (SSSR count). The Morgan fingerprint density at radius 3 is 2.70 bits per heavy atom. The van der Waals surface area contributed by atoms with Gasteiger partial charge in [0.05, 0.1) is 11.6 Å². The fourth-order valence-electron chi connectivity index (χ4n) is 2.20. The first-order chi connectivity index (χ1) is 10.8. The third-order valence-corrected chi connectivity index (χ3v) is 5.46. The maximum Gasteiger partial charge on any atom is 0.276 e. The molecule has 1 aromatic heterocycles. The molecular formula is C16H21ClN2O3Si. The zero-order valence-electron chi connectivity index (χ0n) is 13.6. The van der Waals surface area contributed by atoms with Crippen molar-refractivity contribution in [1.82, 2.24) is 9.78 Å². The maximum atomic E-state index is 12.5. The highest BCUT2D eigenvalue weighted by Gasteiger charge is 2.13. The highest BCUT2D eigenvalue weighted by Crippen LogP contribution is 2.21. The molecule has 0 aliphatic rings. The molecule has 0 N–H and O–H groups in total. The number of carbonyl (C=O) groups is 1. The van der Waals surface area contributed by atoms with Crippen molar-refractivity contribution >= 4 is 36.7 Å². The molecule has 2 aromatic rings. The molecule has 0 fully saturated rings. The van der Waals surface area contributed by atoms with Crippen LogP contribution in [0, 0.1) is 0 Å². The number of fused-ring (bicyclic) bond motifs is 1. The smallest absolute Gasteiger partial charge is 0.276 e. The van der Waals surface area contributed by atoms with E-state index >= 15 is 0 Å². The zero-order valence-corrected chi connectivity index (χ0v) is 15.4. The summed E-state index contributed by atoms with van der Waals surface area (Å²) in [6.07, 6.45) is 2.58. The van der Waals surface area contributed by atoms with Crippen LogP contribution in [0.25, 0.3) is 10.8 Å². The molecule has 23 heavy (non-hydrogen) atoms. The summed E-state index contributed by atoms with van der Waals surface area (Å²) >= 11 is 6.05. The van der Waals surface area contributed by atoms with Crippen molar-refractivity contribution in [1.29, 1.82) is 0 Å². The standard InChI is InChI=1S/C16H21ClN2O3Si/c1-23(2,3)7-6-22-11-19-16(21)14-9-13(17)8-12(4-5-20)15(14)10-18-19/h5,8-10H,4,6-7,11H2,1-3H3. The van der Waals surface area contributed by atoms with Gasteiger partial charge in [-0.05, 0) is 23.7 Å². The summed E-state index contributed by atoms with van der Waals surface area (Å²) in [6.45, 7) is 7.55. The molecule has 124 valence electrons. The first kappa shape index (κ1) is 17.8. The number of carbonyl (C=O) groups excluding carboxylic acids is 1. The Morgan fingerprint density at radius 1 is 1.30 bits per heavy atom. The highest BCUT2D eigenvalue weighted by atomic mass is 35.5. The van der Waals surface area contributed by atoms with Gasteiger partial charge in [-0.15, -0.1) is 0 Å². The average Bonchev–Trinajstić information content (AvgIpc) is 2.45. The van der Waals surface area contributed by atoms with Crippen molar-refractivity contribution in [2.24, 2.45) is 0 Å². The van der Waals surface area contributed by atoms with Crippen LogP contribution in [-0.4, -0.2) is 30.7 Å². The predicted octanol–water partition coefficient (Wildman–Crippen LogP) is 3.10. The second-order valence-electron chi connectivity index (χ2n) is 6.69. The predicted molar refractivity (Wildman–Crippen MR) is 94.9 cm³/mol. The summed E-state index contributed by atoms with van der Waals surface area (Å²) in [6, 6.07) is 4.33. The van der Waals surface area contributed by atoms with Crippen LogP contribution in [0.5, 0.6) is 0 Å². The maximum absolute atomic E-state index is 12.5. The third-order valence-electron chi connectivity index (χ3n) is 3.53. The SMILES string of the molecule is C[Si](C)(C)CCOCn1ncc2c(CC=O)cc(Cl)cc2c1=O. The molecular weight excluding hydrogens is 332 g/mol. The number of rotatable bonds is 7. The van der Waals surface area contributed by atoms with Gasteiger partial charge in [-0.2, -0.15) is 5.10 Å². The van der Waals surface area contributed by atoms with Gasteiger partial charge in [0.15, 0.2) is 0 Å². The molecule has 0 atom stereocenters. The zero-order chi connectivity index (χ0) is 17.0. The van der Waals surface area contributed by atoms with E-state index in [-0.39, 0.29) is 18.7 Å². The molecule has 0 bridgehead atoms. The molecule has 0 aliphatic carbocycles. The van der Waals surface area contributed by atoms with Crippen LogP contribution in [-0.2, 0) is 22.7 Å². The molecule has 0 radical (unpaired) electrons. The van der Waals surface area contributed by atoms with Crippen LogP contribution in [0.3, 0.4) is 0 Å². The summed E-state index contributed by atoms with van der Waals surface area (Å²) in [4.78, 5) is 23.3. The Hall–Kier alpha value is -1.50. The molecule has 0 aliphatic heterocycles. The number of hydrogen-bond acceptors (Lipinski definition) is 4. The van der Waals surface area contributed by atoms with Crippen molar-refractivity contribution in [2.75, 3.05) is 6.61 Å². The normalized spacial score (nSPS) is 11.8. The minimum Gasteiger partial charge on any atom is -0.359 e. The van der Waals surface area contributed by atoms with Gasteiger partial charge in [0.25, 0.3) is 5.56 Å². The lowest BCUT2D eigenvalue weighted by Crippen LogP contribution is -2.26. The Kier molecular flexibility index (Phi) is 5.72. The summed E-state index contributed by atoms with van der Waals surface area (Å²) in [5.41, 5.74) is 0.448. The van der Waals surface area contributed by atoms with E-state index in [2.05, 4.69) is 24.7 Å². The number of ether oxygens (including phenoxy) is 1. The molecule has 7 heteroatoms. The molecule has 0 spiro atoms. The number of aromatic nitrogens is 2. The van der Waals surface area contributed by atoms with Gasteiger partial charge in [-0.1, -0.05) is 31.2 Å². The van der Waals surface area contributed by atoms with Crippen molar-refractivity contribution in [3.8, 4) is 0 Å². The Balaban J connectivity index is 2.25. The Bertz CT molecular complexity index is 768. The van der Waals surface area contributed by atoms with Crippen LogP contribution >= 0.6 is 11.6 Å². The first-order valence-corrected chi connectivity index (χ1v) is 11.6. The van der Waals surface area contributed by atoms with E-state index in [9.17, 15) is 9.59 Å². The number of aldehydes is 1. The van der Waals surface area contributed by atoms with E-state index < -0.39 is 8.07 Å². The molecule has 0 saturated heterocycles. The minimum absolute atomic E-state index is 0.120. The van der Waals surface area contributed by atoms with Crippen LogP contribution in [0.15, 0.2) is 23.1 Å². The monoisotopic (exact) mass is 352 g/mol. The lowest BCUT2D eigenvalue weighted by atomic mass is 10.1. The second kappa shape index (κ2) is 7.38. The summed E-state index contributed by atoms with van der Waals surface area (Å²) < 4.78 is 6.86. The molecule has 0 saturated carbocycles. The van der Waals surface area contributed by atoms with E-state index in [4.69, 9.17) is 16.3 Å². The molecule has 5 nitrogen and oxygen atoms in total. The van der Waals surface area contributed by atoms with Gasteiger partial charge < -0.3 is 9.53 Å². The van der Waals surface area contributed by atoms with Gasteiger partial charge in [0.1, 0.15) is 13.0 Å². The Morgan fingerprint density at radius 2 is 2.04 bits per heavy atom. The van der Waals surface area contributed by atoms with E-state index in [0.717, 1.165) is 12.3 Å². The summed E-state index contributed by atoms with van der Waals surface area (Å²) in [7, 11) is -1.16. The fourth-order valence-corrected chi connectivity index (χ4v) is 3.20. The third kappa shape index (κ3) is 4.73. The minimum atomic E-state index is -1.16. The summed E-state index contributed by atoms with van der Waals surface area (Å²) in [5.74, 6) is 0. The van der Waals surface area contributed by atoms with Gasteiger partial charge in [0.2, 0.25) is 0 Å². The van der Waals surface area contributed by atoms with E-state index in [1.54, 1.807) is 18.3 Å². The van der Waals surface area contributed by atoms with Crippen LogP contribution in [0.4, 0.5) is 0 Å². The molecule has 0 unspecified atom stereocenters. The largest absolute Gasteiger partial charge is 0.359 e. The second-order valence-corrected chi connectivity index (χ2v) is 12.8. The lowest BCUT2D eigenvalue weighted by molar-refractivity contribution is -0.107. The van der Waals surface area contributed by atoms with E-state index in [0.29, 0.717) is 28.0 Å². The quantitative estimate of drug-likeness (QED) is 0.436. The van der Waals surface area contributed by atoms with Crippen molar-refractivity contribution in [3.63, 3.8) is 0 Å². The van der Waals surface area contributed by atoms with Gasteiger partial charge >= 0.3 is 0 Å².